The zero-order valence-electron chi connectivity index (χ0n) is 52.8. The molecular weight excluding hydrogens is 865 g/mol. The second-order valence-corrected chi connectivity index (χ2v) is 18.0. The molecule has 0 N–H and O–H groups in total. The summed E-state index contributed by atoms with van der Waals surface area (Å²) in [4.78, 5) is 4.02. The summed E-state index contributed by atoms with van der Waals surface area (Å²) in [5, 5.41) is 15.7. The van der Waals surface area contributed by atoms with Gasteiger partial charge in [0.1, 0.15) is 6.07 Å². The zero-order chi connectivity index (χ0) is 60.7. The summed E-state index contributed by atoms with van der Waals surface area (Å²) in [7, 11) is 0. The van der Waals surface area contributed by atoms with Gasteiger partial charge in [0.25, 0.3) is 0 Å². The van der Waals surface area contributed by atoms with Gasteiger partial charge in [0.15, 0.2) is 0 Å². The van der Waals surface area contributed by atoms with E-state index in [9.17, 15) is 25.5 Å². The molecule has 14 rings (SSSR count). The first kappa shape index (κ1) is 24.7. The maximum Gasteiger partial charge on any atom is 0.220 e. The Balaban J connectivity index is 1.39. The van der Waals surface area contributed by atoms with Gasteiger partial charge in [-0.3, -0.25) is 0 Å². The molecule has 0 atom stereocenters. The van der Waals surface area contributed by atoms with E-state index in [-0.39, 0.29) is 5.69 Å². The molecule has 0 radical (unpaired) electrons. The minimum Gasteiger partial charge on any atom is -0.318 e. The van der Waals surface area contributed by atoms with Gasteiger partial charge < -0.3 is 9.13 Å². The van der Waals surface area contributed by atoms with Crippen LogP contribution in [0.3, 0.4) is 0 Å². The predicted octanol–water partition coefficient (Wildman–Crippen LogP) is 18.0. The topological polar surface area (TPSA) is 38.0 Å². The lowest BCUT2D eigenvalue weighted by atomic mass is 9.88. The van der Waals surface area contributed by atoms with Crippen molar-refractivity contribution < 1.29 is 24.7 Å². The monoisotopic (exact) mass is 916 g/mol. The van der Waals surface area contributed by atoms with Crippen molar-refractivity contribution in [3.63, 3.8) is 0 Å². The average molecular weight is 917 g/mol. The number of thiophene rings is 2. The van der Waals surface area contributed by atoms with Gasteiger partial charge >= 0.3 is 0 Å². The standard InChI is InChI=1S/C62H34N4S2/c1-64-55-53(38-20-7-3-8-21-38)49(36-63)56(54(39-22-9-4-10-23-39)59(55)65-50-29-14-11-24-41(50)42-25-12-15-30-51(42)65)66-57-44(32-34-47-43-26-13-16-31-52(43)67-61(47)57)45-33-35-48-46-28-17-27-40(37-18-5-2-6-19-37)60(46)68-62(48)58(45)66/h2-35H/i3D,4D,7D,8D,9D,10D,11D,12D,14D,15D,20D,21D,22D,23D,24D,25D,29D,30D. The molecule has 4 heterocycles. The van der Waals surface area contributed by atoms with Crippen LogP contribution in [-0.2, 0) is 0 Å². The van der Waals surface area contributed by atoms with Crippen LogP contribution in [-0.4, -0.2) is 9.13 Å². The third-order valence-corrected chi connectivity index (χ3v) is 15.1. The Bertz CT molecular complexity index is 5480. The molecule has 0 saturated heterocycles. The predicted molar refractivity (Wildman–Crippen MR) is 288 cm³/mol. The Labute approximate surface area is 423 Å². The molecule has 0 aliphatic heterocycles. The lowest BCUT2D eigenvalue weighted by Crippen LogP contribution is -2.09. The Kier molecular flexibility index (Phi) is 5.39. The fraction of sp³-hybridized carbons (Fsp3) is 0. The van der Waals surface area contributed by atoms with Gasteiger partial charge in [0, 0.05) is 63.6 Å². The van der Waals surface area contributed by atoms with Crippen molar-refractivity contribution in [2.45, 2.75) is 0 Å². The molecule has 0 amide bonds. The largest absolute Gasteiger partial charge is 0.318 e. The van der Waals surface area contributed by atoms with Crippen LogP contribution >= 0.6 is 22.7 Å². The van der Waals surface area contributed by atoms with E-state index >= 15 is 0 Å². The third-order valence-electron chi connectivity index (χ3n) is 12.6. The van der Waals surface area contributed by atoms with E-state index in [0.29, 0.717) is 36.6 Å². The minimum absolute atomic E-state index is 0.368. The van der Waals surface area contributed by atoms with Gasteiger partial charge in [-0.2, -0.15) is 5.26 Å². The van der Waals surface area contributed by atoms with Crippen molar-refractivity contribution in [3.8, 4) is 50.8 Å². The van der Waals surface area contributed by atoms with Crippen LogP contribution in [0.4, 0.5) is 5.69 Å². The number of benzene rings is 10. The average Bonchev–Trinajstić information content (AvgIpc) is 1.44. The maximum atomic E-state index is 12.4. The molecule has 0 bridgehead atoms. The molecule has 4 nitrogen and oxygen atoms in total. The number of aromatic nitrogens is 2. The highest BCUT2D eigenvalue weighted by molar-refractivity contribution is 7.27. The van der Waals surface area contributed by atoms with E-state index in [0.717, 1.165) is 41.3 Å². The number of nitrogens with zero attached hydrogens (tertiary/aromatic N) is 4. The van der Waals surface area contributed by atoms with Crippen molar-refractivity contribution >= 4 is 112 Å². The first-order valence-electron chi connectivity index (χ1n) is 30.1. The van der Waals surface area contributed by atoms with Crippen molar-refractivity contribution in [2.24, 2.45) is 0 Å². The van der Waals surface area contributed by atoms with Gasteiger partial charge in [-0.15, -0.1) is 22.7 Å². The lowest BCUT2D eigenvalue weighted by molar-refractivity contribution is 1.14. The van der Waals surface area contributed by atoms with E-state index in [1.54, 1.807) is 4.57 Å². The molecule has 0 saturated carbocycles. The molecule has 314 valence electrons. The van der Waals surface area contributed by atoms with E-state index in [1.807, 2.05) is 97.1 Å². The van der Waals surface area contributed by atoms with Crippen LogP contribution in [0.2, 0.25) is 0 Å². The Morgan fingerprint density at radius 2 is 1.00 bits per heavy atom. The van der Waals surface area contributed by atoms with Gasteiger partial charge in [-0.25, -0.2) is 4.85 Å². The van der Waals surface area contributed by atoms with E-state index in [4.69, 9.17) is 11.0 Å². The molecule has 0 spiro atoms. The van der Waals surface area contributed by atoms with Crippen LogP contribution in [0, 0.1) is 17.9 Å². The molecule has 10 aromatic carbocycles. The van der Waals surface area contributed by atoms with E-state index < -0.39 is 170 Å². The van der Waals surface area contributed by atoms with Gasteiger partial charge in [0.05, 0.1) is 79.7 Å². The second kappa shape index (κ2) is 14.9. The van der Waals surface area contributed by atoms with Crippen molar-refractivity contribution in [1.82, 2.24) is 9.13 Å². The Hall–Kier alpha value is -8.78. The highest BCUT2D eigenvalue weighted by atomic mass is 32.1. The van der Waals surface area contributed by atoms with Crippen LogP contribution < -0.4 is 0 Å². The van der Waals surface area contributed by atoms with E-state index in [1.165, 1.54) is 22.7 Å². The molecule has 6 heteroatoms. The van der Waals surface area contributed by atoms with Crippen molar-refractivity contribution in [2.75, 3.05) is 0 Å². The Morgan fingerprint density at radius 1 is 0.456 bits per heavy atom. The molecule has 4 aromatic heterocycles. The summed E-state index contributed by atoms with van der Waals surface area (Å²) in [5.41, 5.74) is -3.73. The van der Waals surface area contributed by atoms with Crippen LogP contribution in [0.15, 0.2) is 206 Å². The number of para-hydroxylation sites is 2. The summed E-state index contributed by atoms with van der Waals surface area (Å²) >= 11 is 2.78. The molecule has 0 fully saturated rings. The van der Waals surface area contributed by atoms with Crippen LogP contribution in [0.5, 0.6) is 0 Å². The SMILES string of the molecule is [2H]c1c([2H])c([2H])c(-c2c(C#N)c(-n3c4c(ccc5c6ccccc6sc54)c4ccc5c6cccc(-c7ccccc7)c6sc5c43)c(-c3c([2H])c([2H])c([2H])c([2H])c3[2H])c(-n3c4c([2H])c([2H])c([2H])c([2H])c4c4c([2H])c([2H])c([2H])c([2H])c43)c2[N+]#[C-])c([2H])c1[2H]. The quantitative estimate of drug-likeness (QED) is 0.159. The summed E-state index contributed by atoms with van der Waals surface area (Å²) in [6, 6.07) is 17.7. The lowest BCUT2D eigenvalue weighted by Gasteiger charge is -2.26. The van der Waals surface area contributed by atoms with Crippen LogP contribution in [0.25, 0.3) is 134 Å². The summed E-state index contributed by atoms with van der Waals surface area (Å²) in [6.07, 6.45) is 0. The normalized spacial score (nSPS) is 15.5. The second-order valence-electron chi connectivity index (χ2n) is 15.9. The maximum absolute atomic E-state index is 12.4. The van der Waals surface area contributed by atoms with Crippen LogP contribution in [0.1, 0.15) is 30.2 Å². The number of fused-ring (bicyclic) bond motifs is 14. The van der Waals surface area contributed by atoms with Gasteiger partial charge in [-0.05, 0) is 40.4 Å². The molecular formula is C62H34N4S2. The molecule has 0 aliphatic carbocycles. The third kappa shape index (κ3) is 5.33. The number of hydrogen-bond donors (Lipinski definition) is 0. The summed E-state index contributed by atoms with van der Waals surface area (Å²) < 4.78 is 174. The summed E-state index contributed by atoms with van der Waals surface area (Å²) in [5.74, 6) is 0. The van der Waals surface area contributed by atoms with Crippen molar-refractivity contribution in [1.29, 1.82) is 5.26 Å². The summed E-state index contributed by atoms with van der Waals surface area (Å²) in [6.45, 7) is 9.37. The molecule has 0 aliphatic rings. The fourth-order valence-electron chi connectivity index (χ4n) is 9.93. The first-order valence-corrected chi connectivity index (χ1v) is 22.8. The zero-order valence-corrected chi connectivity index (χ0v) is 36.5. The van der Waals surface area contributed by atoms with E-state index in [2.05, 4.69) is 10.9 Å². The Morgan fingerprint density at radius 3 is 1.66 bits per heavy atom. The molecule has 14 aromatic rings. The minimum atomic E-state index is -0.898. The van der Waals surface area contributed by atoms with Gasteiger partial charge in [-0.1, -0.05) is 188 Å². The first-order chi connectivity index (χ1) is 41.2. The smallest absolute Gasteiger partial charge is 0.220 e. The van der Waals surface area contributed by atoms with Gasteiger partial charge in [0.2, 0.25) is 5.69 Å². The highest BCUT2D eigenvalue weighted by Gasteiger charge is 2.33. The molecule has 0 unspecified atom stereocenters. The van der Waals surface area contributed by atoms with Crippen molar-refractivity contribution in [3.05, 3.63) is 223 Å². The fourth-order valence-corrected chi connectivity index (χ4v) is 12.5. The highest BCUT2D eigenvalue weighted by Crippen LogP contribution is 2.55. The number of hydrogen-bond acceptors (Lipinski definition) is 3. The molecule has 68 heavy (non-hydrogen) atoms. The number of rotatable bonds is 5. The number of nitriles is 1.